The van der Waals surface area contributed by atoms with Gasteiger partial charge in [0.05, 0.1) is 22.2 Å². The number of anilines is 1. The Morgan fingerprint density at radius 2 is 2.04 bits per heavy atom. The summed E-state index contributed by atoms with van der Waals surface area (Å²) in [6.07, 6.45) is 3.16. The largest absolute Gasteiger partial charge is 0.364 e. The van der Waals surface area contributed by atoms with Crippen LogP contribution in [-0.4, -0.2) is 14.9 Å². The molecule has 6 nitrogen and oxygen atoms in total. The lowest BCUT2D eigenvalue weighted by atomic mass is 10.1. The smallest absolute Gasteiger partial charge is 0.287 e. The summed E-state index contributed by atoms with van der Waals surface area (Å²) in [5.41, 5.74) is 3.00. The monoisotopic (exact) mass is 354 g/mol. The van der Waals surface area contributed by atoms with E-state index < -0.39 is 4.92 Å². The molecule has 3 rings (SSSR count). The van der Waals surface area contributed by atoms with Crippen LogP contribution < -0.4 is 5.32 Å². The second-order valence-corrected chi connectivity index (χ2v) is 6.63. The molecule has 1 N–H and O–H groups in total. The summed E-state index contributed by atoms with van der Waals surface area (Å²) in [5, 5.41) is 17.1. The maximum Gasteiger partial charge on any atom is 0.287 e. The van der Waals surface area contributed by atoms with Gasteiger partial charge in [0.2, 0.25) is 0 Å². The second kappa shape index (κ2) is 7.85. The van der Waals surface area contributed by atoms with Gasteiger partial charge in [0, 0.05) is 17.9 Å². The van der Waals surface area contributed by atoms with Crippen molar-refractivity contribution in [2.45, 2.75) is 26.3 Å². The first-order valence-corrected chi connectivity index (χ1v) is 8.82. The van der Waals surface area contributed by atoms with E-state index in [1.54, 1.807) is 18.3 Å². The van der Waals surface area contributed by atoms with E-state index in [1.165, 1.54) is 17.8 Å². The van der Waals surface area contributed by atoms with E-state index >= 15 is 0 Å². The molecule has 0 spiro atoms. The fraction of sp³-hybridized carbons (Fsp3) is 0.222. The van der Waals surface area contributed by atoms with Crippen molar-refractivity contribution in [2.24, 2.45) is 0 Å². The SMILES string of the molecule is Cc1cc([N+](=O)[O-])cnc1NCc1csc(CCc2ccccc2)n1. The van der Waals surface area contributed by atoms with E-state index in [-0.39, 0.29) is 5.69 Å². The van der Waals surface area contributed by atoms with Crippen molar-refractivity contribution in [1.82, 2.24) is 9.97 Å². The molecule has 1 aromatic carbocycles. The van der Waals surface area contributed by atoms with E-state index in [2.05, 4.69) is 27.4 Å². The molecule has 0 unspecified atom stereocenters. The highest BCUT2D eigenvalue weighted by Crippen LogP contribution is 2.19. The van der Waals surface area contributed by atoms with Crippen LogP contribution in [0.4, 0.5) is 11.5 Å². The lowest BCUT2D eigenvalue weighted by molar-refractivity contribution is -0.385. The number of nitrogens with zero attached hydrogens (tertiary/aromatic N) is 3. The highest BCUT2D eigenvalue weighted by atomic mass is 32.1. The Morgan fingerprint density at radius 1 is 1.24 bits per heavy atom. The fourth-order valence-corrected chi connectivity index (χ4v) is 3.26. The molecule has 25 heavy (non-hydrogen) atoms. The standard InChI is InChI=1S/C18H18N4O2S/c1-13-9-16(22(23)24)11-20-18(13)19-10-15-12-25-17(21-15)8-7-14-5-3-2-4-6-14/h2-6,9,11-12H,7-8,10H2,1H3,(H,19,20). The molecule has 0 radical (unpaired) electrons. The summed E-state index contributed by atoms with van der Waals surface area (Å²) in [7, 11) is 0. The second-order valence-electron chi connectivity index (χ2n) is 5.69. The van der Waals surface area contributed by atoms with Gasteiger partial charge in [-0.3, -0.25) is 10.1 Å². The summed E-state index contributed by atoms with van der Waals surface area (Å²) in [5.74, 6) is 0.643. The average Bonchev–Trinajstić information content (AvgIpc) is 3.07. The van der Waals surface area contributed by atoms with Crippen molar-refractivity contribution in [3.8, 4) is 0 Å². The molecule has 2 heterocycles. The van der Waals surface area contributed by atoms with Crippen LogP contribution in [0.2, 0.25) is 0 Å². The lowest BCUT2D eigenvalue weighted by Gasteiger charge is -2.06. The first-order chi connectivity index (χ1) is 12.1. The number of aryl methyl sites for hydroxylation is 3. The number of hydrogen-bond acceptors (Lipinski definition) is 6. The zero-order chi connectivity index (χ0) is 17.6. The molecular formula is C18H18N4O2S. The lowest BCUT2D eigenvalue weighted by Crippen LogP contribution is -2.04. The minimum atomic E-state index is -0.441. The molecule has 7 heteroatoms. The fourth-order valence-electron chi connectivity index (χ4n) is 2.46. The van der Waals surface area contributed by atoms with Gasteiger partial charge in [0.1, 0.15) is 12.0 Å². The maximum absolute atomic E-state index is 10.7. The molecule has 0 aliphatic rings. The number of aromatic nitrogens is 2. The molecule has 0 atom stereocenters. The van der Waals surface area contributed by atoms with Crippen LogP contribution in [0, 0.1) is 17.0 Å². The van der Waals surface area contributed by atoms with Crippen LogP contribution in [0.1, 0.15) is 21.8 Å². The number of hydrogen-bond donors (Lipinski definition) is 1. The zero-order valence-corrected chi connectivity index (χ0v) is 14.6. The maximum atomic E-state index is 10.7. The summed E-state index contributed by atoms with van der Waals surface area (Å²) < 4.78 is 0. The minimum absolute atomic E-state index is 0.0000865. The first-order valence-electron chi connectivity index (χ1n) is 7.94. The van der Waals surface area contributed by atoms with Crippen molar-refractivity contribution in [3.05, 3.63) is 79.9 Å². The average molecular weight is 354 g/mol. The van der Waals surface area contributed by atoms with E-state index in [9.17, 15) is 10.1 Å². The summed E-state index contributed by atoms with van der Waals surface area (Å²) in [6.45, 7) is 2.35. The van der Waals surface area contributed by atoms with Crippen molar-refractivity contribution in [2.75, 3.05) is 5.32 Å². The highest BCUT2D eigenvalue weighted by molar-refractivity contribution is 7.09. The first kappa shape index (κ1) is 17.0. The minimum Gasteiger partial charge on any atom is -0.364 e. The molecular weight excluding hydrogens is 336 g/mol. The molecule has 0 amide bonds. The summed E-state index contributed by atoms with van der Waals surface area (Å²) in [4.78, 5) is 19.1. The van der Waals surface area contributed by atoms with E-state index in [0.29, 0.717) is 12.4 Å². The van der Waals surface area contributed by atoms with Gasteiger partial charge in [-0.05, 0) is 24.5 Å². The quantitative estimate of drug-likeness (QED) is 0.509. The Kier molecular flexibility index (Phi) is 5.35. The molecule has 3 aromatic rings. The number of nitrogens with one attached hydrogen (secondary N) is 1. The number of benzene rings is 1. The molecule has 0 aliphatic carbocycles. The number of thiazole rings is 1. The number of pyridine rings is 1. The predicted molar refractivity (Wildman–Crippen MR) is 98.9 cm³/mol. The van der Waals surface area contributed by atoms with Gasteiger partial charge in [0.25, 0.3) is 5.69 Å². The molecule has 0 bridgehead atoms. The molecule has 0 saturated carbocycles. The van der Waals surface area contributed by atoms with Crippen LogP contribution >= 0.6 is 11.3 Å². The van der Waals surface area contributed by atoms with Gasteiger partial charge >= 0.3 is 0 Å². The Balaban J connectivity index is 1.56. The van der Waals surface area contributed by atoms with E-state index in [1.807, 2.05) is 23.6 Å². The van der Waals surface area contributed by atoms with Crippen LogP contribution in [0.15, 0.2) is 48.0 Å². The van der Waals surface area contributed by atoms with Gasteiger partial charge in [-0.1, -0.05) is 30.3 Å². The van der Waals surface area contributed by atoms with Crippen LogP contribution in [0.25, 0.3) is 0 Å². The van der Waals surface area contributed by atoms with Crippen LogP contribution in [0.3, 0.4) is 0 Å². The third kappa shape index (κ3) is 4.60. The Morgan fingerprint density at radius 3 is 2.76 bits per heavy atom. The normalized spacial score (nSPS) is 10.6. The van der Waals surface area contributed by atoms with E-state index in [4.69, 9.17) is 0 Å². The van der Waals surface area contributed by atoms with Crippen molar-refractivity contribution in [1.29, 1.82) is 0 Å². The third-order valence-corrected chi connectivity index (χ3v) is 4.74. The van der Waals surface area contributed by atoms with Gasteiger partial charge < -0.3 is 5.32 Å². The zero-order valence-electron chi connectivity index (χ0n) is 13.8. The molecule has 0 fully saturated rings. The van der Waals surface area contributed by atoms with Gasteiger partial charge in [-0.15, -0.1) is 11.3 Å². The third-order valence-electron chi connectivity index (χ3n) is 3.78. The molecule has 128 valence electrons. The Hall–Kier alpha value is -2.80. The van der Waals surface area contributed by atoms with Crippen LogP contribution in [-0.2, 0) is 19.4 Å². The predicted octanol–water partition coefficient (Wildman–Crippen LogP) is 4.15. The van der Waals surface area contributed by atoms with Gasteiger partial charge in [-0.2, -0.15) is 0 Å². The highest BCUT2D eigenvalue weighted by Gasteiger charge is 2.10. The summed E-state index contributed by atoms with van der Waals surface area (Å²) in [6, 6.07) is 11.9. The van der Waals surface area contributed by atoms with Gasteiger partial charge in [-0.25, -0.2) is 9.97 Å². The van der Waals surface area contributed by atoms with Crippen molar-refractivity contribution in [3.63, 3.8) is 0 Å². The molecule has 2 aromatic heterocycles. The van der Waals surface area contributed by atoms with Crippen LogP contribution in [0.5, 0.6) is 0 Å². The summed E-state index contributed by atoms with van der Waals surface area (Å²) >= 11 is 1.65. The van der Waals surface area contributed by atoms with Gasteiger partial charge in [0.15, 0.2) is 0 Å². The van der Waals surface area contributed by atoms with Crippen molar-refractivity contribution < 1.29 is 4.92 Å². The van der Waals surface area contributed by atoms with Crippen molar-refractivity contribution >= 4 is 22.8 Å². The van der Waals surface area contributed by atoms with E-state index in [0.717, 1.165) is 29.1 Å². The number of nitro groups is 1. The topological polar surface area (TPSA) is 81.0 Å². The molecule has 0 saturated heterocycles. The molecule has 0 aliphatic heterocycles. The Labute approximate surface area is 149 Å². The number of rotatable bonds is 7. The Bertz CT molecular complexity index is 865.